The minimum atomic E-state index is -0.864. The van der Waals surface area contributed by atoms with Gasteiger partial charge in [-0.15, -0.1) is 0 Å². The summed E-state index contributed by atoms with van der Waals surface area (Å²) >= 11 is 1.60. The Morgan fingerprint density at radius 2 is 1.64 bits per heavy atom. The fourth-order valence-electron chi connectivity index (χ4n) is 2.13. The Morgan fingerprint density at radius 3 is 2.08 bits per heavy atom. The summed E-state index contributed by atoms with van der Waals surface area (Å²) in [6.07, 6.45) is 4.61. The molecule has 8 heteroatoms. The molecule has 2 heterocycles. The lowest BCUT2D eigenvalue weighted by Crippen LogP contribution is -2.26. The molecule has 6 N–H and O–H groups in total. The van der Waals surface area contributed by atoms with Crippen molar-refractivity contribution >= 4 is 23.3 Å². The molecule has 136 valence electrons. The van der Waals surface area contributed by atoms with Gasteiger partial charge in [-0.1, -0.05) is 6.07 Å². The summed E-state index contributed by atoms with van der Waals surface area (Å²) < 4.78 is 0. The molecule has 2 atom stereocenters. The molecule has 0 saturated heterocycles. The van der Waals surface area contributed by atoms with Crippen LogP contribution in [0, 0.1) is 0 Å². The largest absolute Gasteiger partial charge is 0.481 e. The highest BCUT2D eigenvalue weighted by Crippen LogP contribution is 2.09. The Morgan fingerprint density at radius 1 is 1.04 bits per heavy atom. The van der Waals surface area contributed by atoms with E-state index in [2.05, 4.69) is 4.98 Å². The Hall–Kier alpha value is -2.29. The van der Waals surface area contributed by atoms with Crippen molar-refractivity contribution < 1.29 is 19.8 Å². The second kappa shape index (κ2) is 11.3. The van der Waals surface area contributed by atoms with Gasteiger partial charge >= 0.3 is 11.9 Å². The summed E-state index contributed by atoms with van der Waals surface area (Å²) in [6, 6.07) is 5.06. The average molecular weight is 365 g/mol. The molecule has 0 amide bonds. The predicted molar refractivity (Wildman–Crippen MR) is 96.4 cm³/mol. The molecule has 0 aliphatic rings. The Kier molecular flexibility index (Phi) is 9.38. The average Bonchev–Trinajstić information content (AvgIpc) is 3.00. The summed E-state index contributed by atoms with van der Waals surface area (Å²) in [5.41, 5.74) is 13.3. The van der Waals surface area contributed by atoms with Crippen LogP contribution < -0.4 is 11.5 Å². The third-order valence-electron chi connectivity index (χ3n) is 3.17. The van der Waals surface area contributed by atoms with Crippen molar-refractivity contribution in [2.45, 2.75) is 37.8 Å². The fourth-order valence-corrected chi connectivity index (χ4v) is 2.81. The first-order valence-electron chi connectivity index (χ1n) is 7.71. The van der Waals surface area contributed by atoms with Crippen molar-refractivity contribution in [2.24, 2.45) is 11.5 Å². The number of aromatic nitrogens is 1. The summed E-state index contributed by atoms with van der Waals surface area (Å²) in [6.45, 7) is 0. The topological polar surface area (TPSA) is 140 Å². The SMILES string of the molecule is N[C@H](CC(=O)O)Cc1cccnc1.N[C@H](CC(=O)O)Cc1ccsc1. The molecule has 25 heavy (non-hydrogen) atoms. The van der Waals surface area contributed by atoms with E-state index in [9.17, 15) is 9.59 Å². The number of rotatable bonds is 8. The molecule has 0 radical (unpaired) electrons. The molecule has 7 nitrogen and oxygen atoms in total. The summed E-state index contributed by atoms with van der Waals surface area (Å²) in [5, 5.41) is 20.9. The molecule has 0 aliphatic carbocycles. The van der Waals surface area contributed by atoms with E-state index in [1.54, 1.807) is 23.7 Å². The van der Waals surface area contributed by atoms with Gasteiger partial charge in [0.25, 0.3) is 0 Å². The summed E-state index contributed by atoms with van der Waals surface area (Å²) in [7, 11) is 0. The first kappa shape index (κ1) is 20.8. The lowest BCUT2D eigenvalue weighted by atomic mass is 10.1. The van der Waals surface area contributed by atoms with Gasteiger partial charge in [-0.3, -0.25) is 14.6 Å². The molecular weight excluding hydrogens is 342 g/mol. The fraction of sp³-hybridized carbons (Fsp3) is 0.353. The molecule has 0 bridgehead atoms. The van der Waals surface area contributed by atoms with Crippen LogP contribution in [0.2, 0.25) is 0 Å². The second-order valence-corrected chi connectivity index (χ2v) is 6.40. The number of nitrogens with zero attached hydrogens (tertiary/aromatic N) is 1. The standard InChI is InChI=1S/C9H12N2O2.C8H11NO2S/c10-8(5-9(12)13)4-7-2-1-3-11-6-7;9-7(4-8(10)11)3-6-1-2-12-5-6/h1-3,6,8H,4-5,10H2,(H,12,13);1-2,5,7H,3-4,9H2,(H,10,11)/t8-;7-/m00/s1. The minimum Gasteiger partial charge on any atom is -0.481 e. The van der Waals surface area contributed by atoms with Gasteiger partial charge in [0.15, 0.2) is 0 Å². The van der Waals surface area contributed by atoms with Crippen LogP contribution in [-0.4, -0.2) is 39.2 Å². The van der Waals surface area contributed by atoms with Crippen LogP contribution in [0.1, 0.15) is 24.0 Å². The van der Waals surface area contributed by atoms with E-state index in [-0.39, 0.29) is 24.9 Å². The molecule has 0 aliphatic heterocycles. The van der Waals surface area contributed by atoms with Crippen LogP contribution in [0.4, 0.5) is 0 Å². The molecule has 0 fully saturated rings. The van der Waals surface area contributed by atoms with Gasteiger partial charge in [0.1, 0.15) is 0 Å². The van der Waals surface area contributed by atoms with Crippen molar-refractivity contribution in [3.8, 4) is 0 Å². The maximum Gasteiger partial charge on any atom is 0.304 e. The number of pyridine rings is 1. The number of carbonyl (C=O) groups is 2. The van der Waals surface area contributed by atoms with Crippen molar-refractivity contribution in [3.05, 3.63) is 52.5 Å². The molecular formula is C17H23N3O4S. The molecule has 0 aromatic carbocycles. The molecule has 0 saturated carbocycles. The van der Waals surface area contributed by atoms with Crippen LogP contribution >= 0.6 is 11.3 Å². The van der Waals surface area contributed by atoms with Gasteiger partial charge in [-0.2, -0.15) is 11.3 Å². The smallest absolute Gasteiger partial charge is 0.304 e. The van der Waals surface area contributed by atoms with Crippen molar-refractivity contribution in [1.82, 2.24) is 4.98 Å². The van der Waals surface area contributed by atoms with Gasteiger partial charge in [0, 0.05) is 24.5 Å². The zero-order valence-corrected chi connectivity index (χ0v) is 14.6. The first-order valence-corrected chi connectivity index (χ1v) is 8.65. The van der Waals surface area contributed by atoms with Gasteiger partial charge in [-0.25, -0.2) is 0 Å². The van der Waals surface area contributed by atoms with Crippen molar-refractivity contribution in [3.63, 3.8) is 0 Å². The maximum atomic E-state index is 10.3. The lowest BCUT2D eigenvalue weighted by molar-refractivity contribution is -0.138. The first-order chi connectivity index (χ1) is 11.9. The van der Waals surface area contributed by atoms with Gasteiger partial charge in [-0.05, 0) is 46.9 Å². The highest BCUT2D eigenvalue weighted by molar-refractivity contribution is 7.07. The van der Waals surface area contributed by atoms with Gasteiger partial charge in [0.2, 0.25) is 0 Å². The molecule has 2 aromatic rings. The number of aliphatic carboxylic acids is 2. The number of carboxylic acid groups (broad SMARTS) is 2. The molecule has 0 spiro atoms. The van der Waals surface area contributed by atoms with E-state index < -0.39 is 11.9 Å². The Labute approximate surface area is 150 Å². The monoisotopic (exact) mass is 365 g/mol. The van der Waals surface area contributed by atoms with Crippen molar-refractivity contribution in [1.29, 1.82) is 0 Å². The van der Waals surface area contributed by atoms with E-state index in [1.165, 1.54) is 0 Å². The van der Waals surface area contributed by atoms with Crippen LogP contribution in [-0.2, 0) is 22.4 Å². The zero-order chi connectivity index (χ0) is 18.7. The third-order valence-corrected chi connectivity index (χ3v) is 3.90. The predicted octanol–water partition coefficient (Wildman–Crippen LogP) is 1.52. The zero-order valence-electron chi connectivity index (χ0n) is 13.7. The van der Waals surface area contributed by atoms with Gasteiger partial charge < -0.3 is 21.7 Å². The molecule has 0 unspecified atom stereocenters. The molecule has 2 aromatic heterocycles. The number of nitrogens with two attached hydrogens (primary N) is 2. The van der Waals surface area contributed by atoms with Crippen LogP contribution in [0.25, 0.3) is 0 Å². The number of hydrogen-bond acceptors (Lipinski definition) is 6. The highest BCUT2D eigenvalue weighted by atomic mass is 32.1. The second-order valence-electron chi connectivity index (χ2n) is 5.62. The van der Waals surface area contributed by atoms with E-state index in [4.69, 9.17) is 21.7 Å². The van der Waals surface area contributed by atoms with Crippen LogP contribution in [0.15, 0.2) is 41.4 Å². The van der Waals surface area contributed by atoms with E-state index >= 15 is 0 Å². The van der Waals surface area contributed by atoms with Gasteiger partial charge in [0.05, 0.1) is 12.8 Å². The summed E-state index contributed by atoms with van der Waals surface area (Å²) in [5.74, 6) is -1.70. The quantitative estimate of drug-likeness (QED) is 0.556. The van der Waals surface area contributed by atoms with Crippen LogP contribution in [0.5, 0.6) is 0 Å². The number of hydrogen-bond donors (Lipinski definition) is 4. The Balaban J connectivity index is 0.000000251. The normalized spacial score (nSPS) is 12.6. The minimum absolute atomic E-state index is 0.00507. The van der Waals surface area contributed by atoms with E-state index in [1.807, 2.05) is 29.0 Å². The summed E-state index contributed by atoms with van der Waals surface area (Å²) in [4.78, 5) is 24.5. The number of thiophene rings is 1. The Bertz CT molecular complexity index is 635. The van der Waals surface area contributed by atoms with Crippen molar-refractivity contribution in [2.75, 3.05) is 0 Å². The lowest BCUT2D eigenvalue weighted by Gasteiger charge is -2.07. The van der Waals surface area contributed by atoms with E-state index in [0.29, 0.717) is 12.8 Å². The third kappa shape index (κ3) is 10.2. The maximum absolute atomic E-state index is 10.3. The molecule has 2 rings (SSSR count). The van der Waals surface area contributed by atoms with E-state index in [0.717, 1.165) is 11.1 Å². The van der Waals surface area contributed by atoms with Crippen LogP contribution in [0.3, 0.4) is 0 Å². The number of carboxylic acids is 2. The highest BCUT2D eigenvalue weighted by Gasteiger charge is 2.09.